The monoisotopic (exact) mass is 278 g/mol. The highest BCUT2D eigenvalue weighted by molar-refractivity contribution is 5.85. The molecule has 4 aromatic rings. The molecule has 0 aliphatic heterocycles. The number of fused-ring (bicyclic) bond motifs is 1. The van der Waals surface area contributed by atoms with Gasteiger partial charge in [0.05, 0.1) is 6.20 Å². The van der Waals surface area contributed by atoms with Crippen molar-refractivity contribution >= 4 is 10.9 Å². The number of nitrogens with zero attached hydrogens (tertiary/aromatic N) is 2. The second-order valence-electron chi connectivity index (χ2n) is 4.83. The van der Waals surface area contributed by atoms with Gasteiger partial charge in [0, 0.05) is 28.2 Å². The summed E-state index contributed by atoms with van der Waals surface area (Å²) in [4.78, 5) is 3.01. The van der Waals surface area contributed by atoms with Crippen molar-refractivity contribution < 1.29 is 4.39 Å². The van der Waals surface area contributed by atoms with Crippen LogP contribution in [0.1, 0.15) is 0 Å². The Morgan fingerprint density at radius 3 is 2.52 bits per heavy atom. The first-order valence-electron chi connectivity index (χ1n) is 6.54. The molecule has 2 aromatic carbocycles. The zero-order valence-electron chi connectivity index (χ0n) is 11.0. The zero-order chi connectivity index (χ0) is 14.2. The number of hydrogen-bond donors (Lipinski definition) is 2. The van der Waals surface area contributed by atoms with Gasteiger partial charge in [-0.3, -0.25) is 0 Å². The summed E-state index contributed by atoms with van der Waals surface area (Å²) in [5.74, 6) is -0.237. The molecule has 0 radical (unpaired) electrons. The van der Waals surface area contributed by atoms with Crippen LogP contribution in [0.3, 0.4) is 0 Å². The Morgan fingerprint density at radius 2 is 1.76 bits per heavy atom. The summed E-state index contributed by atoms with van der Waals surface area (Å²) < 4.78 is 14.2. The number of H-pyrrole nitrogens is 2. The largest absolute Gasteiger partial charge is 0.361 e. The minimum absolute atomic E-state index is 0.237. The van der Waals surface area contributed by atoms with Crippen LogP contribution in [0, 0.1) is 5.82 Å². The van der Waals surface area contributed by atoms with E-state index in [-0.39, 0.29) is 5.82 Å². The Labute approximate surface area is 119 Å². The lowest BCUT2D eigenvalue weighted by Gasteiger charge is -2.05. The van der Waals surface area contributed by atoms with E-state index >= 15 is 0 Å². The second-order valence-corrected chi connectivity index (χ2v) is 4.83. The predicted molar refractivity (Wildman–Crippen MR) is 79.1 cm³/mol. The minimum atomic E-state index is -0.237. The first kappa shape index (κ1) is 11.8. The van der Waals surface area contributed by atoms with Gasteiger partial charge in [-0.2, -0.15) is 15.4 Å². The van der Waals surface area contributed by atoms with Crippen LogP contribution in [0.25, 0.3) is 33.3 Å². The maximum Gasteiger partial charge on any atom is 0.133 e. The number of aromatic nitrogens is 4. The van der Waals surface area contributed by atoms with Crippen molar-refractivity contribution in [1.29, 1.82) is 0 Å². The molecule has 0 saturated carbocycles. The van der Waals surface area contributed by atoms with Crippen LogP contribution in [0.5, 0.6) is 0 Å². The van der Waals surface area contributed by atoms with E-state index in [1.807, 2.05) is 42.6 Å². The van der Waals surface area contributed by atoms with Gasteiger partial charge in [0.25, 0.3) is 0 Å². The van der Waals surface area contributed by atoms with Gasteiger partial charge in [0.1, 0.15) is 11.5 Å². The van der Waals surface area contributed by atoms with Gasteiger partial charge in [-0.15, -0.1) is 0 Å². The number of rotatable bonds is 2. The topological polar surface area (TPSA) is 57.4 Å². The fourth-order valence-corrected chi connectivity index (χ4v) is 2.46. The molecule has 2 N–H and O–H groups in total. The molecule has 0 unspecified atom stereocenters. The third kappa shape index (κ3) is 1.99. The summed E-state index contributed by atoms with van der Waals surface area (Å²) in [6, 6.07) is 12.9. The fourth-order valence-electron chi connectivity index (χ4n) is 2.46. The van der Waals surface area contributed by atoms with Gasteiger partial charge in [0.15, 0.2) is 0 Å². The van der Waals surface area contributed by atoms with Gasteiger partial charge >= 0.3 is 0 Å². The number of halogens is 1. The lowest BCUT2D eigenvalue weighted by Crippen LogP contribution is -1.86. The molecular formula is C16H11FN4. The molecule has 4 nitrogen and oxygen atoms in total. The lowest BCUT2D eigenvalue weighted by atomic mass is 10.0. The number of benzene rings is 2. The van der Waals surface area contributed by atoms with Gasteiger partial charge < -0.3 is 4.98 Å². The Bertz CT molecular complexity index is 892. The number of hydrogen-bond acceptors (Lipinski definition) is 2. The van der Waals surface area contributed by atoms with E-state index < -0.39 is 0 Å². The second kappa shape index (κ2) is 4.56. The average molecular weight is 278 g/mol. The third-order valence-electron chi connectivity index (χ3n) is 3.55. The predicted octanol–water partition coefficient (Wildman–Crippen LogP) is 3.76. The highest BCUT2D eigenvalue weighted by Crippen LogP contribution is 2.28. The van der Waals surface area contributed by atoms with Crippen LogP contribution < -0.4 is 0 Å². The zero-order valence-corrected chi connectivity index (χ0v) is 11.0. The molecule has 0 aliphatic rings. The van der Waals surface area contributed by atoms with Crippen molar-refractivity contribution in [3.8, 4) is 22.4 Å². The molecule has 0 spiro atoms. The SMILES string of the molecule is Fc1cc2[nH]ccc2cc1-c1ccc(-c2cn[nH]n2)cc1. The van der Waals surface area contributed by atoms with Crippen molar-refractivity contribution in [2.75, 3.05) is 0 Å². The molecular weight excluding hydrogens is 267 g/mol. The summed E-state index contributed by atoms with van der Waals surface area (Å²) in [5.41, 5.74) is 3.94. The van der Waals surface area contributed by atoms with E-state index in [1.54, 1.807) is 6.20 Å². The number of aromatic amines is 2. The molecule has 0 aliphatic carbocycles. The van der Waals surface area contributed by atoms with E-state index in [0.29, 0.717) is 5.56 Å². The van der Waals surface area contributed by atoms with Crippen LogP contribution in [-0.2, 0) is 0 Å². The van der Waals surface area contributed by atoms with E-state index in [9.17, 15) is 4.39 Å². The summed E-state index contributed by atoms with van der Waals surface area (Å²) in [7, 11) is 0. The molecule has 0 fully saturated rings. The molecule has 0 atom stereocenters. The third-order valence-corrected chi connectivity index (χ3v) is 3.55. The van der Waals surface area contributed by atoms with E-state index in [1.165, 1.54) is 6.07 Å². The molecule has 0 amide bonds. The highest BCUT2D eigenvalue weighted by atomic mass is 19.1. The molecule has 5 heteroatoms. The summed E-state index contributed by atoms with van der Waals surface area (Å²) in [6.45, 7) is 0. The summed E-state index contributed by atoms with van der Waals surface area (Å²) >= 11 is 0. The van der Waals surface area contributed by atoms with E-state index in [0.717, 1.165) is 27.7 Å². The van der Waals surface area contributed by atoms with Crippen molar-refractivity contribution in [2.24, 2.45) is 0 Å². The van der Waals surface area contributed by atoms with Gasteiger partial charge in [0.2, 0.25) is 0 Å². The van der Waals surface area contributed by atoms with Gasteiger partial charge in [-0.25, -0.2) is 4.39 Å². The van der Waals surface area contributed by atoms with Crippen LogP contribution >= 0.6 is 0 Å². The number of nitrogens with one attached hydrogen (secondary N) is 2. The quantitative estimate of drug-likeness (QED) is 0.586. The van der Waals surface area contributed by atoms with Crippen LogP contribution in [0.15, 0.2) is 54.9 Å². The van der Waals surface area contributed by atoms with Crippen molar-refractivity contribution in [3.05, 3.63) is 60.7 Å². The lowest BCUT2D eigenvalue weighted by molar-refractivity contribution is 0.633. The Balaban J connectivity index is 1.79. The molecule has 0 saturated heterocycles. The Kier molecular flexibility index (Phi) is 2.57. The molecule has 2 heterocycles. The van der Waals surface area contributed by atoms with Crippen molar-refractivity contribution in [1.82, 2.24) is 20.4 Å². The Hall–Kier alpha value is -2.95. The fraction of sp³-hybridized carbons (Fsp3) is 0. The van der Waals surface area contributed by atoms with E-state index in [4.69, 9.17) is 0 Å². The summed E-state index contributed by atoms with van der Waals surface area (Å²) in [5, 5.41) is 11.4. The first-order valence-corrected chi connectivity index (χ1v) is 6.54. The van der Waals surface area contributed by atoms with Crippen LogP contribution in [0.2, 0.25) is 0 Å². The normalized spacial score (nSPS) is 11.1. The van der Waals surface area contributed by atoms with Gasteiger partial charge in [-0.05, 0) is 23.8 Å². The van der Waals surface area contributed by atoms with Crippen molar-refractivity contribution in [3.63, 3.8) is 0 Å². The van der Waals surface area contributed by atoms with E-state index in [2.05, 4.69) is 20.4 Å². The maximum atomic E-state index is 14.2. The molecule has 102 valence electrons. The van der Waals surface area contributed by atoms with Crippen molar-refractivity contribution in [2.45, 2.75) is 0 Å². The standard InChI is InChI=1S/C16H11FN4/c17-14-8-15-12(5-6-18-15)7-13(14)10-1-3-11(4-2-10)16-9-19-21-20-16/h1-9,18H,(H,19,20,21). The molecule has 4 rings (SSSR count). The average Bonchev–Trinajstić information content (AvgIpc) is 3.17. The summed E-state index contributed by atoms with van der Waals surface area (Å²) in [6.07, 6.45) is 3.46. The highest BCUT2D eigenvalue weighted by Gasteiger charge is 2.08. The van der Waals surface area contributed by atoms with Crippen LogP contribution in [-0.4, -0.2) is 20.4 Å². The maximum absolute atomic E-state index is 14.2. The van der Waals surface area contributed by atoms with Crippen LogP contribution in [0.4, 0.5) is 4.39 Å². The molecule has 21 heavy (non-hydrogen) atoms. The molecule has 0 bridgehead atoms. The first-order chi connectivity index (χ1) is 10.3. The Morgan fingerprint density at radius 1 is 0.952 bits per heavy atom. The minimum Gasteiger partial charge on any atom is -0.361 e. The van der Waals surface area contributed by atoms with Gasteiger partial charge in [-0.1, -0.05) is 24.3 Å². The molecule has 2 aromatic heterocycles. The smallest absolute Gasteiger partial charge is 0.133 e.